The lowest BCUT2D eigenvalue weighted by molar-refractivity contribution is 0.00938. The highest BCUT2D eigenvalue weighted by Crippen LogP contribution is 2.32. The number of nitrogen functional groups attached to an aromatic ring is 1. The fraction of sp³-hybridized carbons (Fsp3) is 0.379. The van der Waals surface area contributed by atoms with E-state index in [0.717, 1.165) is 42.1 Å². The van der Waals surface area contributed by atoms with Crippen LogP contribution in [0.3, 0.4) is 0 Å². The van der Waals surface area contributed by atoms with Crippen molar-refractivity contribution in [2.24, 2.45) is 0 Å². The number of hydrogen-bond acceptors (Lipinski definition) is 7. The van der Waals surface area contributed by atoms with Crippen LogP contribution in [-0.2, 0) is 11.3 Å². The predicted octanol–water partition coefficient (Wildman–Crippen LogP) is 6.42. The van der Waals surface area contributed by atoms with Gasteiger partial charge >= 0.3 is 6.09 Å². The summed E-state index contributed by atoms with van der Waals surface area (Å²) in [6.07, 6.45) is 4.80. The van der Waals surface area contributed by atoms with Gasteiger partial charge in [-0.1, -0.05) is 41.9 Å². The van der Waals surface area contributed by atoms with Crippen LogP contribution in [0, 0.1) is 0 Å². The highest BCUT2D eigenvalue weighted by Gasteiger charge is 2.33. The molecule has 0 saturated heterocycles. The Balaban J connectivity index is 1.35. The molecule has 1 unspecified atom stereocenters. The lowest BCUT2D eigenvalue weighted by Gasteiger charge is -2.38. The van der Waals surface area contributed by atoms with Gasteiger partial charge in [0.05, 0.1) is 16.7 Å². The van der Waals surface area contributed by atoms with Crippen molar-refractivity contribution in [3.8, 4) is 11.4 Å². The molecule has 0 aliphatic heterocycles. The summed E-state index contributed by atoms with van der Waals surface area (Å²) in [5.41, 5.74) is 9.14. The number of nitrogens with two attached hydrogens (primary N) is 1. The fourth-order valence-electron chi connectivity index (χ4n) is 4.99. The number of benzene rings is 2. The van der Waals surface area contributed by atoms with Crippen LogP contribution in [0.25, 0.3) is 22.3 Å². The SMILES string of the molecule is CC(C)(C)OC(=O)N(Cc1ccc(N)cc1)[C@H]1CCCC(Nc2ncc(Cl)c(-c3n[nH]c4ccccc34)n2)C1. The predicted molar refractivity (Wildman–Crippen MR) is 154 cm³/mol. The smallest absolute Gasteiger partial charge is 0.410 e. The van der Waals surface area contributed by atoms with Crippen LogP contribution in [0.4, 0.5) is 16.4 Å². The molecule has 0 spiro atoms. The fourth-order valence-corrected chi connectivity index (χ4v) is 5.17. The van der Waals surface area contributed by atoms with Gasteiger partial charge in [0, 0.05) is 29.7 Å². The zero-order valence-corrected chi connectivity index (χ0v) is 23.2. The van der Waals surface area contributed by atoms with Crippen LogP contribution in [0.2, 0.25) is 5.02 Å². The lowest BCUT2D eigenvalue weighted by atomic mass is 9.90. The summed E-state index contributed by atoms with van der Waals surface area (Å²) in [6, 6.07) is 15.5. The summed E-state index contributed by atoms with van der Waals surface area (Å²) in [6.45, 7) is 6.10. The summed E-state index contributed by atoms with van der Waals surface area (Å²) < 4.78 is 5.80. The molecule has 1 aliphatic rings. The highest BCUT2D eigenvalue weighted by molar-refractivity contribution is 6.33. The second kappa shape index (κ2) is 11.1. The van der Waals surface area contributed by atoms with Crippen LogP contribution in [0.5, 0.6) is 0 Å². The molecule has 2 heterocycles. The van der Waals surface area contributed by atoms with Crippen LogP contribution >= 0.6 is 11.6 Å². The minimum Gasteiger partial charge on any atom is -0.444 e. The van der Waals surface area contributed by atoms with E-state index in [1.807, 2.05) is 74.2 Å². The Kier molecular flexibility index (Phi) is 7.61. The first-order valence-corrected chi connectivity index (χ1v) is 13.6. The summed E-state index contributed by atoms with van der Waals surface area (Å²) >= 11 is 6.50. The molecule has 1 saturated carbocycles. The number of rotatable bonds is 6. The summed E-state index contributed by atoms with van der Waals surface area (Å²) in [7, 11) is 0. The van der Waals surface area contributed by atoms with Crippen LogP contribution in [-0.4, -0.2) is 48.8 Å². The van der Waals surface area contributed by atoms with Gasteiger partial charge in [0.2, 0.25) is 5.95 Å². The molecule has 5 rings (SSSR count). The van der Waals surface area contributed by atoms with E-state index in [2.05, 4.69) is 20.5 Å². The van der Waals surface area contributed by atoms with Gasteiger partial charge in [-0.2, -0.15) is 5.10 Å². The van der Waals surface area contributed by atoms with E-state index < -0.39 is 5.60 Å². The first-order valence-electron chi connectivity index (χ1n) is 13.2. The number of carbonyl (C=O) groups is 1. The van der Waals surface area contributed by atoms with Crippen molar-refractivity contribution in [1.29, 1.82) is 0 Å². The van der Waals surface area contributed by atoms with Gasteiger partial charge < -0.3 is 20.7 Å². The maximum Gasteiger partial charge on any atom is 0.410 e. The number of aromatic nitrogens is 4. The van der Waals surface area contributed by atoms with Gasteiger partial charge in [0.1, 0.15) is 17.0 Å². The molecule has 2 aromatic carbocycles. The molecule has 0 bridgehead atoms. The maximum atomic E-state index is 13.3. The van der Waals surface area contributed by atoms with Crippen molar-refractivity contribution in [3.63, 3.8) is 0 Å². The first kappa shape index (κ1) is 26.7. The average molecular weight is 548 g/mol. The van der Waals surface area contributed by atoms with Gasteiger partial charge in [0.15, 0.2) is 0 Å². The summed E-state index contributed by atoms with van der Waals surface area (Å²) in [4.78, 5) is 24.3. The number of halogens is 1. The molecule has 9 nitrogen and oxygen atoms in total. The average Bonchev–Trinajstić information content (AvgIpc) is 3.32. The van der Waals surface area contributed by atoms with Crippen molar-refractivity contribution in [2.75, 3.05) is 11.1 Å². The molecule has 0 radical (unpaired) electrons. The Hall–Kier alpha value is -3.85. The third-order valence-corrected chi connectivity index (χ3v) is 7.10. The minimum atomic E-state index is -0.591. The molecule has 1 amide bonds. The number of hydrogen-bond donors (Lipinski definition) is 3. The molecule has 2 aromatic heterocycles. The van der Waals surface area contributed by atoms with Gasteiger partial charge in [-0.25, -0.2) is 14.8 Å². The molecular formula is C29H34ClN7O2. The zero-order chi connectivity index (χ0) is 27.6. The number of nitrogens with one attached hydrogen (secondary N) is 2. The number of amides is 1. The van der Waals surface area contributed by atoms with E-state index in [9.17, 15) is 4.79 Å². The molecule has 39 heavy (non-hydrogen) atoms. The third-order valence-electron chi connectivity index (χ3n) is 6.82. The summed E-state index contributed by atoms with van der Waals surface area (Å²) in [5, 5.41) is 12.3. The largest absolute Gasteiger partial charge is 0.444 e. The van der Waals surface area contributed by atoms with E-state index >= 15 is 0 Å². The Morgan fingerprint density at radius 2 is 1.92 bits per heavy atom. The number of aromatic amines is 1. The molecule has 204 valence electrons. The van der Waals surface area contributed by atoms with Gasteiger partial charge in [-0.15, -0.1) is 0 Å². The van der Waals surface area contributed by atoms with Crippen molar-refractivity contribution >= 4 is 40.2 Å². The molecular weight excluding hydrogens is 514 g/mol. The second-order valence-corrected chi connectivity index (χ2v) is 11.4. The monoisotopic (exact) mass is 547 g/mol. The number of fused-ring (bicyclic) bond motifs is 1. The Labute approximate surface area is 233 Å². The zero-order valence-electron chi connectivity index (χ0n) is 22.4. The van der Waals surface area contributed by atoms with E-state index in [0.29, 0.717) is 34.6 Å². The standard InChI is InChI=1S/C29H34ClN7O2/c1-29(2,3)39-28(38)37(17-18-11-13-19(31)14-12-18)21-8-6-7-20(15-21)33-27-32-16-23(30)26(34-27)25-22-9-4-5-10-24(22)35-36-25/h4-5,9-14,16,20-21H,6-8,15,17,31H2,1-3H3,(H,35,36)(H,32,33,34)/t20?,21-/m0/s1. The molecule has 10 heteroatoms. The first-order chi connectivity index (χ1) is 18.7. The number of ether oxygens (including phenoxy) is 1. The van der Waals surface area contributed by atoms with E-state index in [1.54, 1.807) is 6.20 Å². The van der Waals surface area contributed by atoms with E-state index in [-0.39, 0.29) is 18.2 Å². The Morgan fingerprint density at radius 3 is 2.69 bits per heavy atom. The van der Waals surface area contributed by atoms with Gasteiger partial charge in [-0.3, -0.25) is 5.10 Å². The highest BCUT2D eigenvalue weighted by atomic mass is 35.5. The Morgan fingerprint density at radius 1 is 1.15 bits per heavy atom. The number of anilines is 2. The lowest BCUT2D eigenvalue weighted by Crippen LogP contribution is -2.46. The molecule has 2 atom stereocenters. The minimum absolute atomic E-state index is 0.00860. The van der Waals surface area contributed by atoms with Crippen molar-refractivity contribution in [3.05, 3.63) is 65.3 Å². The van der Waals surface area contributed by atoms with Crippen LogP contribution in [0.15, 0.2) is 54.7 Å². The number of para-hydroxylation sites is 1. The number of nitrogens with zero attached hydrogens (tertiary/aromatic N) is 4. The summed E-state index contributed by atoms with van der Waals surface area (Å²) in [5.74, 6) is 0.481. The molecule has 1 aliphatic carbocycles. The Bertz CT molecular complexity index is 1450. The van der Waals surface area contributed by atoms with E-state index in [1.165, 1.54) is 0 Å². The number of H-pyrrole nitrogens is 1. The molecule has 1 fully saturated rings. The van der Waals surface area contributed by atoms with Crippen molar-refractivity contribution in [2.45, 2.75) is 70.7 Å². The molecule has 4 aromatic rings. The van der Waals surface area contributed by atoms with Crippen LogP contribution in [0.1, 0.15) is 52.0 Å². The topological polar surface area (TPSA) is 122 Å². The van der Waals surface area contributed by atoms with Crippen LogP contribution < -0.4 is 11.1 Å². The van der Waals surface area contributed by atoms with Crippen molar-refractivity contribution in [1.82, 2.24) is 25.1 Å². The van der Waals surface area contributed by atoms with Crippen molar-refractivity contribution < 1.29 is 9.53 Å². The molecule has 4 N–H and O–H groups in total. The van der Waals surface area contributed by atoms with Gasteiger partial charge in [-0.05, 0) is 70.2 Å². The number of carbonyl (C=O) groups excluding carboxylic acids is 1. The van der Waals surface area contributed by atoms with Gasteiger partial charge in [0.25, 0.3) is 0 Å². The quantitative estimate of drug-likeness (QED) is 0.238. The van der Waals surface area contributed by atoms with E-state index in [4.69, 9.17) is 27.1 Å². The third kappa shape index (κ3) is 6.42. The normalized spacial score (nSPS) is 17.6. The second-order valence-electron chi connectivity index (χ2n) is 11.0. The maximum absolute atomic E-state index is 13.3.